The van der Waals surface area contributed by atoms with Crippen molar-refractivity contribution in [2.75, 3.05) is 6.61 Å². The van der Waals surface area contributed by atoms with Crippen molar-refractivity contribution in [1.29, 1.82) is 0 Å². The van der Waals surface area contributed by atoms with Crippen molar-refractivity contribution in [3.05, 3.63) is 90.0 Å². The maximum absolute atomic E-state index is 12.4. The van der Waals surface area contributed by atoms with Gasteiger partial charge in [-0.25, -0.2) is 9.59 Å². The van der Waals surface area contributed by atoms with Crippen LogP contribution in [0, 0.1) is 0 Å². The van der Waals surface area contributed by atoms with Crippen LogP contribution in [0.4, 0.5) is 4.79 Å². The van der Waals surface area contributed by atoms with Gasteiger partial charge in [0.2, 0.25) is 0 Å². The van der Waals surface area contributed by atoms with Crippen molar-refractivity contribution in [3.8, 4) is 16.9 Å². The predicted molar refractivity (Wildman–Crippen MR) is 116 cm³/mol. The van der Waals surface area contributed by atoms with Gasteiger partial charge < -0.3 is 19.9 Å². The van der Waals surface area contributed by atoms with Crippen LogP contribution in [0.1, 0.15) is 24.0 Å². The molecule has 1 amide bonds. The molecule has 6 nitrogen and oxygen atoms in total. The largest absolute Gasteiger partial charge is 0.488 e. The van der Waals surface area contributed by atoms with Crippen LogP contribution >= 0.6 is 0 Å². The summed E-state index contributed by atoms with van der Waals surface area (Å²) < 4.78 is 11.1. The summed E-state index contributed by atoms with van der Waals surface area (Å²) in [5, 5.41) is 12.0. The van der Waals surface area contributed by atoms with Crippen LogP contribution in [-0.2, 0) is 9.53 Å². The molecule has 0 bridgehead atoms. The Morgan fingerprint density at radius 1 is 0.903 bits per heavy atom. The molecule has 0 aliphatic heterocycles. The molecule has 0 aromatic heterocycles. The number of amides is 1. The summed E-state index contributed by atoms with van der Waals surface area (Å²) >= 11 is 0. The molecule has 0 saturated heterocycles. The Labute approximate surface area is 180 Å². The molecule has 1 aliphatic rings. The SMILES string of the molecule is C[C@@H](Oc1ccccc1)[C@H](NC(=O)OCC1c2ccccc2-c2ccccc21)C(=O)O. The Morgan fingerprint density at radius 3 is 2.03 bits per heavy atom. The number of carboxylic acids is 1. The molecule has 0 radical (unpaired) electrons. The molecular weight excluding hydrogens is 394 g/mol. The normalized spacial score (nSPS) is 14.1. The average molecular weight is 417 g/mol. The third kappa shape index (κ3) is 4.38. The Balaban J connectivity index is 1.42. The lowest BCUT2D eigenvalue weighted by Gasteiger charge is -2.23. The van der Waals surface area contributed by atoms with E-state index in [-0.39, 0.29) is 12.5 Å². The quantitative estimate of drug-likeness (QED) is 0.593. The van der Waals surface area contributed by atoms with E-state index < -0.39 is 24.2 Å². The summed E-state index contributed by atoms with van der Waals surface area (Å²) in [6, 6.07) is 23.6. The average Bonchev–Trinajstić information content (AvgIpc) is 3.10. The number of ether oxygens (including phenoxy) is 2. The third-order valence-corrected chi connectivity index (χ3v) is 5.42. The molecule has 158 valence electrons. The summed E-state index contributed by atoms with van der Waals surface area (Å²) in [5.74, 6) is -0.771. The summed E-state index contributed by atoms with van der Waals surface area (Å²) in [7, 11) is 0. The molecule has 3 aromatic rings. The highest BCUT2D eigenvalue weighted by Gasteiger charge is 2.31. The highest BCUT2D eigenvalue weighted by atomic mass is 16.6. The number of carbonyl (C=O) groups is 2. The van der Waals surface area contributed by atoms with Gasteiger partial charge in [0.15, 0.2) is 6.04 Å². The standard InChI is InChI=1S/C25H23NO5/c1-16(31-17-9-3-2-4-10-17)23(24(27)28)26-25(29)30-15-22-20-13-7-5-11-18(20)19-12-6-8-14-21(19)22/h2-14,16,22-23H,15H2,1H3,(H,26,29)(H,27,28)/t16-,23+/m1/s1. The van der Waals surface area contributed by atoms with Gasteiger partial charge in [0.25, 0.3) is 0 Å². The minimum Gasteiger partial charge on any atom is -0.488 e. The first-order valence-corrected chi connectivity index (χ1v) is 10.1. The monoisotopic (exact) mass is 417 g/mol. The number of hydrogen-bond donors (Lipinski definition) is 2. The molecule has 0 saturated carbocycles. The fourth-order valence-corrected chi connectivity index (χ4v) is 3.93. The van der Waals surface area contributed by atoms with E-state index in [0.717, 1.165) is 22.3 Å². The zero-order chi connectivity index (χ0) is 21.8. The van der Waals surface area contributed by atoms with E-state index in [1.54, 1.807) is 31.2 Å². The fourth-order valence-electron chi connectivity index (χ4n) is 3.93. The van der Waals surface area contributed by atoms with E-state index in [4.69, 9.17) is 9.47 Å². The highest BCUT2D eigenvalue weighted by molar-refractivity contribution is 5.81. The number of fused-ring (bicyclic) bond motifs is 3. The number of alkyl carbamates (subject to hydrolysis) is 1. The van der Waals surface area contributed by atoms with Crippen LogP contribution in [0.15, 0.2) is 78.9 Å². The van der Waals surface area contributed by atoms with Crippen LogP contribution in [0.5, 0.6) is 5.75 Å². The number of carboxylic acid groups (broad SMARTS) is 1. The van der Waals surface area contributed by atoms with Gasteiger partial charge in [0, 0.05) is 5.92 Å². The van der Waals surface area contributed by atoms with E-state index in [9.17, 15) is 14.7 Å². The molecule has 0 unspecified atom stereocenters. The molecule has 2 N–H and O–H groups in total. The van der Waals surface area contributed by atoms with Crippen LogP contribution in [0.3, 0.4) is 0 Å². The van der Waals surface area contributed by atoms with Gasteiger partial charge in [-0.15, -0.1) is 0 Å². The number of para-hydroxylation sites is 1. The summed E-state index contributed by atoms with van der Waals surface area (Å²) in [5.41, 5.74) is 4.43. The maximum Gasteiger partial charge on any atom is 0.407 e. The van der Waals surface area contributed by atoms with Gasteiger partial charge in [-0.1, -0.05) is 66.7 Å². The molecule has 31 heavy (non-hydrogen) atoms. The zero-order valence-electron chi connectivity index (χ0n) is 17.0. The predicted octanol–water partition coefficient (Wildman–Crippen LogP) is 4.45. The lowest BCUT2D eigenvalue weighted by Crippen LogP contribution is -2.50. The van der Waals surface area contributed by atoms with Gasteiger partial charge in [-0.3, -0.25) is 0 Å². The topological polar surface area (TPSA) is 84.9 Å². The molecule has 0 heterocycles. The minimum absolute atomic E-state index is 0.0978. The zero-order valence-corrected chi connectivity index (χ0v) is 17.0. The van der Waals surface area contributed by atoms with Crippen molar-refractivity contribution >= 4 is 12.1 Å². The Morgan fingerprint density at radius 2 is 1.45 bits per heavy atom. The first kappa shape index (κ1) is 20.5. The molecule has 0 fully saturated rings. The summed E-state index contributed by atoms with van der Waals surface area (Å²) in [4.78, 5) is 24.1. The summed E-state index contributed by atoms with van der Waals surface area (Å²) in [6.45, 7) is 1.70. The number of rotatable bonds is 7. The van der Waals surface area contributed by atoms with Gasteiger partial charge in [-0.2, -0.15) is 0 Å². The molecule has 6 heteroatoms. The van der Waals surface area contributed by atoms with Crippen LogP contribution in [0.2, 0.25) is 0 Å². The molecule has 2 atom stereocenters. The maximum atomic E-state index is 12.4. The summed E-state index contributed by atoms with van der Waals surface area (Å²) in [6.07, 6.45) is -1.59. The second-order valence-corrected chi connectivity index (χ2v) is 7.42. The van der Waals surface area contributed by atoms with Crippen molar-refractivity contribution in [3.63, 3.8) is 0 Å². The Hall–Kier alpha value is -3.80. The second-order valence-electron chi connectivity index (χ2n) is 7.42. The number of benzene rings is 3. The van der Waals surface area contributed by atoms with E-state index in [1.807, 2.05) is 42.5 Å². The van der Waals surface area contributed by atoms with Crippen LogP contribution in [-0.4, -0.2) is 35.9 Å². The highest BCUT2D eigenvalue weighted by Crippen LogP contribution is 2.44. The number of hydrogen-bond acceptors (Lipinski definition) is 4. The smallest absolute Gasteiger partial charge is 0.407 e. The molecule has 3 aromatic carbocycles. The Kier molecular flexibility index (Phi) is 5.89. The van der Waals surface area contributed by atoms with Crippen molar-refractivity contribution < 1.29 is 24.2 Å². The second kappa shape index (κ2) is 8.92. The lowest BCUT2D eigenvalue weighted by molar-refractivity contribution is -0.141. The molecule has 4 rings (SSSR count). The van der Waals surface area contributed by atoms with E-state index in [0.29, 0.717) is 5.75 Å². The van der Waals surface area contributed by atoms with E-state index in [2.05, 4.69) is 17.4 Å². The number of nitrogens with one attached hydrogen (secondary N) is 1. The number of carbonyl (C=O) groups excluding carboxylic acids is 1. The minimum atomic E-state index is -1.25. The van der Waals surface area contributed by atoms with Crippen molar-refractivity contribution in [2.24, 2.45) is 0 Å². The number of aliphatic carboxylic acids is 1. The molecular formula is C25H23NO5. The van der Waals surface area contributed by atoms with Crippen LogP contribution < -0.4 is 10.1 Å². The Bertz CT molecular complexity index is 1040. The van der Waals surface area contributed by atoms with E-state index in [1.165, 1.54) is 0 Å². The third-order valence-electron chi connectivity index (χ3n) is 5.42. The molecule has 0 spiro atoms. The lowest BCUT2D eigenvalue weighted by atomic mass is 9.98. The first-order chi connectivity index (χ1) is 15.0. The fraction of sp³-hybridized carbons (Fsp3) is 0.200. The molecule has 1 aliphatic carbocycles. The van der Waals surface area contributed by atoms with Gasteiger partial charge >= 0.3 is 12.1 Å². The van der Waals surface area contributed by atoms with Gasteiger partial charge in [0.05, 0.1) is 0 Å². The van der Waals surface area contributed by atoms with Crippen molar-refractivity contribution in [1.82, 2.24) is 5.32 Å². The van der Waals surface area contributed by atoms with E-state index >= 15 is 0 Å². The van der Waals surface area contributed by atoms with Crippen molar-refractivity contribution in [2.45, 2.75) is 25.0 Å². The first-order valence-electron chi connectivity index (χ1n) is 10.1. The van der Waals surface area contributed by atoms with Crippen LogP contribution in [0.25, 0.3) is 11.1 Å². The van der Waals surface area contributed by atoms with Gasteiger partial charge in [0.1, 0.15) is 18.5 Å². The van der Waals surface area contributed by atoms with Gasteiger partial charge in [-0.05, 0) is 41.3 Å².